The van der Waals surface area contributed by atoms with Crippen molar-refractivity contribution in [3.8, 4) is 5.75 Å². The lowest BCUT2D eigenvalue weighted by Crippen LogP contribution is -2.42. The highest BCUT2D eigenvalue weighted by Gasteiger charge is 2.57. The Hall–Kier alpha value is -3.25. The normalized spacial score (nSPS) is 27.7. The van der Waals surface area contributed by atoms with E-state index in [2.05, 4.69) is 18.0 Å². The van der Waals surface area contributed by atoms with Crippen molar-refractivity contribution in [1.82, 2.24) is 9.88 Å². The van der Waals surface area contributed by atoms with Crippen molar-refractivity contribution in [1.29, 1.82) is 0 Å². The van der Waals surface area contributed by atoms with Crippen molar-refractivity contribution >= 4 is 23.5 Å². The van der Waals surface area contributed by atoms with Crippen LogP contribution in [0.3, 0.4) is 0 Å². The van der Waals surface area contributed by atoms with Gasteiger partial charge in [-0.2, -0.15) is 0 Å². The lowest BCUT2D eigenvalue weighted by atomic mass is 9.69. The fourth-order valence-electron chi connectivity index (χ4n) is 7.42. The van der Waals surface area contributed by atoms with E-state index in [4.69, 9.17) is 4.74 Å². The van der Waals surface area contributed by atoms with Crippen molar-refractivity contribution in [3.63, 3.8) is 0 Å². The average Bonchev–Trinajstić information content (AvgIpc) is 3.50. The van der Waals surface area contributed by atoms with Crippen LogP contribution in [-0.4, -0.2) is 45.6 Å². The molecule has 2 amide bonds. The zero-order valence-corrected chi connectivity index (χ0v) is 22.7. The minimum absolute atomic E-state index is 0.00752. The van der Waals surface area contributed by atoms with Gasteiger partial charge in [0.05, 0.1) is 30.2 Å². The molecule has 6 heteroatoms. The van der Waals surface area contributed by atoms with E-state index in [0.29, 0.717) is 13.0 Å². The first kappa shape index (κ1) is 26.0. The van der Waals surface area contributed by atoms with Gasteiger partial charge in [0.25, 0.3) is 0 Å². The number of amides is 2. The van der Waals surface area contributed by atoms with Gasteiger partial charge in [-0.15, -0.1) is 0 Å². The molecule has 1 aromatic heterocycles. The molecule has 204 valence electrons. The van der Waals surface area contributed by atoms with Crippen LogP contribution < -0.4 is 0 Å². The van der Waals surface area contributed by atoms with Crippen molar-refractivity contribution < 1.29 is 19.4 Å². The van der Waals surface area contributed by atoms with Gasteiger partial charge in [-0.05, 0) is 85.6 Å². The number of phenols is 1. The number of pyridine rings is 1. The van der Waals surface area contributed by atoms with Crippen LogP contribution in [0.2, 0.25) is 0 Å². The van der Waals surface area contributed by atoms with Crippen molar-refractivity contribution in [3.05, 3.63) is 71.1 Å². The molecule has 2 aliphatic heterocycles. The fourth-order valence-corrected chi connectivity index (χ4v) is 7.42. The molecule has 1 saturated carbocycles. The SMILES string of the molecule is CCC1=C2[C@@H](CC/C(=C/c3ccc(O)cc3)c3ccccn3)OC[C@@H]2[C@@H]2C(=O)N(C3CCCCC3)C(=O)[C@@H]2C1. The number of aromatic nitrogens is 1. The van der Waals surface area contributed by atoms with Gasteiger partial charge < -0.3 is 9.84 Å². The van der Waals surface area contributed by atoms with Gasteiger partial charge in [-0.1, -0.05) is 50.0 Å². The van der Waals surface area contributed by atoms with Gasteiger partial charge >= 0.3 is 0 Å². The first-order valence-corrected chi connectivity index (χ1v) is 14.7. The van der Waals surface area contributed by atoms with Crippen LogP contribution in [0, 0.1) is 17.8 Å². The third kappa shape index (κ3) is 4.95. The van der Waals surface area contributed by atoms with E-state index < -0.39 is 0 Å². The van der Waals surface area contributed by atoms with Gasteiger partial charge in [0, 0.05) is 18.2 Å². The fraction of sp³-hybridized carbons (Fsp3) is 0.485. The second-order valence-corrected chi connectivity index (χ2v) is 11.5. The molecule has 1 N–H and O–H groups in total. The Morgan fingerprint density at radius 3 is 2.56 bits per heavy atom. The molecule has 0 unspecified atom stereocenters. The van der Waals surface area contributed by atoms with Crippen LogP contribution in [-0.2, 0) is 14.3 Å². The third-order valence-corrected chi connectivity index (χ3v) is 9.31. The summed E-state index contributed by atoms with van der Waals surface area (Å²) in [6.07, 6.45) is 12.3. The minimum atomic E-state index is -0.266. The topological polar surface area (TPSA) is 79.7 Å². The number of rotatable bonds is 7. The number of hydrogen-bond donors (Lipinski definition) is 1. The second-order valence-electron chi connectivity index (χ2n) is 11.5. The van der Waals surface area contributed by atoms with Gasteiger partial charge in [-0.3, -0.25) is 19.5 Å². The lowest BCUT2D eigenvalue weighted by Gasteiger charge is -2.31. The van der Waals surface area contributed by atoms with Gasteiger partial charge in [-0.25, -0.2) is 0 Å². The Kier molecular flexibility index (Phi) is 7.39. The minimum Gasteiger partial charge on any atom is -0.508 e. The number of nitrogens with zero attached hydrogens (tertiary/aromatic N) is 2. The van der Waals surface area contributed by atoms with Crippen LogP contribution in [0.15, 0.2) is 59.8 Å². The third-order valence-electron chi connectivity index (χ3n) is 9.31. The van der Waals surface area contributed by atoms with E-state index in [-0.39, 0.29) is 47.5 Å². The predicted molar refractivity (Wildman–Crippen MR) is 150 cm³/mol. The van der Waals surface area contributed by atoms with E-state index in [1.54, 1.807) is 17.0 Å². The summed E-state index contributed by atoms with van der Waals surface area (Å²) < 4.78 is 6.44. The monoisotopic (exact) mass is 526 g/mol. The molecule has 0 bridgehead atoms. The van der Waals surface area contributed by atoms with E-state index in [0.717, 1.165) is 61.8 Å². The maximum Gasteiger partial charge on any atom is 0.234 e. The highest BCUT2D eigenvalue weighted by atomic mass is 16.5. The maximum absolute atomic E-state index is 13.8. The zero-order valence-electron chi connectivity index (χ0n) is 22.7. The molecule has 3 heterocycles. The standard InChI is InChI=1S/C33H38N2O4/c1-2-22-19-26-31(33(38)35(32(26)37)24-8-4-3-5-9-24)27-20-39-29(30(22)27)16-13-23(28-10-6-7-17-34-28)18-21-11-14-25(36)15-12-21/h6-7,10-12,14-15,17-18,24,26-27,29,31,36H,2-5,8-9,13,16,19-20H2,1H3/b23-18-/t26-,27+,29-,31-/m1/s1. The number of ether oxygens (including phenoxy) is 1. The summed E-state index contributed by atoms with van der Waals surface area (Å²) in [5.74, 6) is -0.108. The smallest absolute Gasteiger partial charge is 0.234 e. The van der Waals surface area contributed by atoms with Crippen LogP contribution in [0.1, 0.15) is 76.0 Å². The largest absolute Gasteiger partial charge is 0.508 e. The first-order chi connectivity index (χ1) is 19.0. The number of imide groups is 1. The molecule has 4 atom stereocenters. The number of benzene rings is 1. The van der Waals surface area contributed by atoms with E-state index in [1.807, 2.05) is 36.5 Å². The predicted octanol–water partition coefficient (Wildman–Crippen LogP) is 6.17. The summed E-state index contributed by atoms with van der Waals surface area (Å²) in [5.41, 5.74) is 5.64. The quantitative estimate of drug-likeness (QED) is 0.345. The summed E-state index contributed by atoms with van der Waals surface area (Å²) in [6.45, 7) is 2.68. The van der Waals surface area contributed by atoms with Crippen molar-refractivity contribution in [2.75, 3.05) is 6.61 Å². The van der Waals surface area contributed by atoms with Crippen molar-refractivity contribution in [2.45, 2.75) is 76.9 Å². The Morgan fingerprint density at radius 2 is 1.85 bits per heavy atom. The molecule has 2 saturated heterocycles. The molecule has 6 rings (SSSR count). The molecule has 2 aromatic rings. The van der Waals surface area contributed by atoms with E-state index in [1.165, 1.54) is 17.6 Å². The summed E-state index contributed by atoms with van der Waals surface area (Å²) in [5, 5.41) is 9.70. The van der Waals surface area contributed by atoms with Gasteiger partial charge in [0.2, 0.25) is 11.8 Å². The van der Waals surface area contributed by atoms with E-state index in [9.17, 15) is 14.7 Å². The number of likely N-dealkylation sites (tertiary alicyclic amines) is 1. The van der Waals surface area contributed by atoms with Crippen molar-refractivity contribution in [2.24, 2.45) is 17.8 Å². The van der Waals surface area contributed by atoms with Crippen LogP contribution in [0.5, 0.6) is 5.75 Å². The summed E-state index contributed by atoms with van der Waals surface area (Å²) in [7, 11) is 0. The number of fused-ring (bicyclic) bond motifs is 3. The van der Waals surface area contributed by atoms with Gasteiger partial charge in [0.1, 0.15) is 5.75 Å². The highest BCUT2D eigenvalue weighted by molar-refractivity contribution is 6.06. The Balaban J connectivity index is 1.24. The maximum atomic E-state index is 13.8. The Morgan fingerprint density at radius 1 is 1.05 bits per heavy atom. The number of phenolic OH excluding ortho intramolecular Hbond substituents is 1. The Labute approximate surface area is 230 Å². The molecular weight excluding hydrogens is 488 g/mol. The first-order valence-electron chi connectivity index (χ1n) is 14.7. The van der Waals surface area contributed by atoms with Crippen LogP contribution in [0.4, 0.5) is 0 Å². The molecule has 1 aromatic carbocycles. The summed E-state index contributed by atoms with van der Waals surface area (Å²) >= 11 is 0. The summed E-state index contributed by atoms with van der Waals surface area (Å²) in [6, 6.07) is 13.2. The number of aromatic hydroxyl groups is 1. The highest BCUT2D eigenvalue weighted by Crippen LogP contribution is 2.51. The molecule has 2 aliphatic carbocycles. The zero-order chi connectivity index (χ0) is 26.9. The molecule has 3 fully saturated rings. The average molecular weight is 527 g/mol. The van der Waals surface area contributed by atoms with E-state index >= 15 is 0 Å². The Bertz CT molecular complexity index is 1280. The molecule has 39 heavy (non-hydrogen) atoms. The molecule has 6 nitrogen and oxygen atoms in total. The molecule has 0 radical (unpaired) electrons. The number of allylic oxidation sites excluding steroid dienone is 2. The van der Waals surface area contributed by atoms with Crippen LogP contribution in [0.25, 0.3) is 11.6 Å². The summed E-state index contributed by atoms with van der Waals surface area (Å²) in [4.78, 5) is 33.6. The molecule has 4 aliphatic rings. The molecule has 0 spiro atoms. The number of carbonyl (C=O) groups is 2. The number of hydrogen-bond acceptors (Lipinski definition) is 5. The lowest BCUT2D eigenvalue weighted by molar-refractivity contribution is -0.143. The van der Waals surface area contributed by atoms with Gasteiger partial charge in [0.15, 0.2) is 0 Å². The second kappa shape index (κ2) is 11.1. The van der Waals surface area contributed by atoms with Crippen LogP contribution >= 0.6 is 0 Å². The number of carbonyl (C=O) groups excluding carboxylic acids is 2. The molecular formula is C33H38N2O4.